The van der Waals surface area contributed by atoms with Crippen molar-refractivity contribution in [3.63, 3.8) is 0 Å². The fraction of sp³-hybridized carbons (Fsp3) is 0.294. The number of hydrogen-bond donors (Lipinski definition) is 0. The van der Waals surface area contributed by atoms with Crippen molar-refractivity contribution in [3.8, 4) is 0 Å². The second-order valence-electron chi connectivity index (χ2n) is 6.14. The number of hydrogen-bond acceptors (Lipinski definition) is 2. The van der Waals surface area contributed by atoms with Gasteiger partial charge in [-0.05, 0) is 32.2 Å². The van der Waals surface area contributed by atoms with Crippen molar-refractivity contribution in [2.24, 2.45) is 0 Å². The van der Waals surface area contributed by atoms with E-state index in [1.165, 1.54) is 22.1 Å². The lowest BCUT2D eigenvalue weighted by Crippen LogP contribution is -2.40. The number of nitrogens with zero attached hydrogens (tertiary/aromatic N) is 2. The molecule has 98 valence electrons. The molecule has 2 aromatic carbocycles. The largest absolute Gasteiger partial charge is 0.330 e. The van der Waals surface area contributed by atoms with Crippen molar-refractivity contribution < 1.29 is 0 Å². The summed E-state index contributed by atoms with van der Waals surface area (Å²) < 4.78 is 0. The molecule has 0 fully saturated rings. The molecule has 0 aromatic heterocycles. The Hall–Kier alpha value is -1.96. The van der Waals surface area contributed by atoms with Crippen LogP contribution in [-0.4, -0.2) is 12.6 Å². The summed E-state index contributed by atoms with van der Waals surface area (Å²) in [7, 11) is 2.08. The van der Waals surface area contributed by atoms with Crippen LogP contribution in [0.2, 0.25) is 0 Å². The second-order valence-corrected chi connectivity index (χ2v) is 6.14. The van der Waals surface area contributed by atoms with Crippen LogP contribution in [-0.2, 0) is 0 Å². The first kappa shape index (κ1) is 12.1. The van der Waals surface area contributed by atoms with Crippen LogP contribution in [0.1, 0.15) is 20.8 Å². The maximum atomic E-state index is 4.26. The van der Waals surface area contributed by atoms with Gasteiger partial charge in [-0.1, -0.05) is 36.9 Å². The number of fused-ring (bicyclic) bond motifs is 3. The molecule has 0 N–H and O–H groups in total. The highest BCUT2D eigenvalue weighted by atomic mass is 15.4. The van der Waals surface area contributed by atoms with Gasteiger partial charge in [0.15, 0.2) is 0 Å². The van der Waals surface area contributed by atoms with Crippen molar-refractivity contribution in [2.75, 3.05) is 16.8 Å². The molecule has 0 spiro atoms. The Labute approximate surface area is 114 Å². The zero-order valence-electron chi connectivity index (χ0n) is 12.1. The molecule has 1 aliphatic heterocycles. The normalized spacial score (nSPS) is 15.3. The minimum absolute atomic E-state index is 0.0146. The van der Waals surface area contributed by atoms with Crippen LogP contribution in [0.3, 0.4) is 0 Å². The summed E-state index contributed by atoms with van der Waals surface area (Å²) in [4.78, 5) is 4.51. The Morgan fingerprint density at radius 2 is 1.68 bits per heavy atom. The monoisotopic (exact) mass is 252 g/mol. The zero-order chi connectivity index (χ0) is 13.8. The Morgan fingerprint density at radius 3 is 2.37 bits per heavy atom. The van der Waals surface area contributed by atoms with E-state index < -0.39 is 0 Å². The minimum atomic E-state index is 0.0146. The van der Waals surface area contributed by atoms with Gasteiger partial charge >= 0.3 is 0 Å². The molecule has 0 radical (unpaired) electrons. The molecule has 0 saturated carbocycles. The van der Waals surface area contributed by atoms with E-state index in [1.54, 1.807) is 0 Å². The molecule has 2 heteroatoms. The first-order valence-corrected chi connectivity index (χ1v) is 6.66. The van der Waals surface area contributed by atoms with Gasteiger partial charge in [0.1, 0.15) is 5.82 Å². The Kier molecular flexibility index (Phi) is 2.40. The fourth-order valence-corrected chi connectivity index (χ4v) is 2.89. The summed E-state index contributed by atoms with van der Waals surface area (Å²) in [6.45, 7) is 10.9. The van der Waals surface area contributed by atoms with E-state index >= 15 is 0 Å². The van der Waals surface area contributed by atoms with Crippen LogP contribution in [0.15, 0.2) is 48.8 Å². The predicted octanol–water partition coefficient (Wildman–Crippen LogP) is 4.37. The predicted molar refractivity (Wildman–Crippen MR) is 83.7 cm³/mol. The van der Waals surface area contributed by atoms with Gasteiger partial charge in [-0.3, -0.25) is 0 Å². The van der Waals surface area contributed by atoms with E-state index in [9.17, 15) is 0 Å². The number of benzene rings is 2. The highest BCUT2D eigenvalue weighted by Crippen LogP contribution is 2.47. The highest BCUT2D eigenvalue weighted by Gasteiger charge is 2.35. The van der Waals surface area contributed by atoms with Crippen LogP contribution in [0.4, 0.5) is 11.4 Å². The lowest BCUT2D eigenvalue weighted by molar-refractivity contribution is 0.546. The van der Waals surface area contributed by atoms with Gasteiger partial charge in [-0.15, -0.1) is 0 Å². The first-order valence-electron chi connectivity index (χ1n) is 6.66. The Morgan fingerprint density at radius 1 is 1.00 bits per heavy atom. The summed E-state index contributed by atoms with van der Waals surface area (Å²) >= 11 is 0. The molecule has 1 aliphatic rings. The van der Waals surface area contributed by atoms with E-state index in [0.717, 1.165) is 5.82 Å². The molecule has 2 aromatic rings. The third kappa shape index (κ3) is 1.63. The lowest BCUT2D eigenvalue weighted by atomic mass is 10.0. The highest BCUT2D eigenvalue weighted by molar-refractivity contribution is 6.04. The average Bonchev–Trinajstić information content (AvgIpc) is 2.62. The summed E-state index contributed by atoms with van der Waals surface area (Å²) in [6, 6.07) is 12.9. The van der Waals surface area contributed by atoms with Gasteiger partial charge in [-0.2, -0.15) is 0 Å². The SMILES string of the molecule is C=C1N(C)c2ccc3ccccc3c2N1C(C)(C)C. The standard InChI is InChI=1S/C17H20N2/c1-12-18(5)15-11-10-13-8-6-7-9-14(13)16(15)19(12)17(2,3)4/h6-11H,1H2,2-5H3. The summed E-state index contributed by atoms with van der Waals surface area (Å²) in [5.41, 5.74) is 2.53. The van der Waals surface area contributed by atoms with Gasteiger partial charge in [0.25, 0.3) is 0 Å². The average molecular weight is 252 g/mol. The van der Waals surface area contributed by atoms with Crippen LogP contribution in [0, 0.1) is 0 Å². The molecule has 0 atom stereocenters. The van der Waals surface area contributed by atoms with E-state index in [0.29, 0.717) is 0 Å². The van der Waals surface area contributed by atoms with Crippen LogP contribution < -0.4 is 9.80 Å². The molecule has 0 bridgehead atoms. The van der Waals surface area contributed by atoms with Crippen LogP contribution >= 0.6 is 0 Å². The van der Waals surface area contributed by atoms with Gasteiger partial charge in [0.2, 0.25) is 0 Å². The van der Waals surface area contributed by atoms with Crippen LogP contribution in [0.25, 0.3) is 10.8 Å². The molecule has 0 unspecified atom stereocenters. The van der Waals surface area contributed by atoms with Gasteiger partial charge < -0.3 is 9.80 Å². The van der Waals surface area contributed by atoms with Crippen molar-refractivity contribution in [1.29, 1.82) is 0 Å². The minimum Gasteiger partial charge on any atom is -0.330 e. The number of rotatable bonds is 0. The number of anilines is 2. The van der Waals surface area contributed by atoms with Gasteiger partial charge in [0.05, 0.1) is 11.4 Å². The smallest absolute Gasteiger partial charge is 0.106 e. The van der Waals surface area contributed by atoms with Crippen molar-refractivity contribution in [3.05, 3.63) is 48.8 Å². The van der Waals surface area contributed by atoms with E-state index in [1.807, 2.05) is 0 Å². The van der Waals surface area contributed by atoms with Crippen LogP contribution in [0.5, 0.6) is 0 Å². The molecule has 1 heterocycles. The molecular formula is C17H20N2. The summed E-state index contributed by atoms with van der Waals surface area (Å²) in [6.07, 6.45) is 0. The Balaban J connectivity index is 2.37. The molecule has 19 heavy (non-hydrogen) atoms. The Bertz CT molecular complexity index is 665. The maximum absolute atomic E-state index is 4.26. The summed E-state index contributed by atoms with van der Waals surface area (Å²) in [5, 5.41) is 2.57. The van der Waals surface area contributed by atoms with E-state index in [2.05, 4.69) is 80.6 Å². The van der Waals surface area contributed by atoms with Gasteiger partial charge in [-0.25, -0.2) is 0 Å². The van der Waals surface area contributed by atoms with E-state index in [-0.39, 0.29) is 5.54 Å². The molecule has 0 aliphatic carbocycles. The maximum Gasteiger partial charge on any atom is 0.106 e. The molecule has 2 nitrogen and oxygen atoms in total. The molecule has 0 amide bonds. The zero-order valence-corrected chi connectivity index (χ0v) is 12.1. The quantitative estimate of drug-likeness (QED) is 0.687. The molecular weight excluding hydrogens is 232 g/mol. The first-order chi connectivity index (χ1) is 8.91. The third-order valence-corrected chi connectivity index (χ3v) is 3.78. The lowest BCUT2D eigenvalue weighted by Gasteiger charge is -2.35. The van der Waals surface area contributed by atoms with Crippen molar-refractivity contribution >= 4 is 22.1 Å². The molecule has 3 rings (SSSR count). The topological polar surface area (TPSA) is 6.48 Å². The summed E-state index contributed by atoms with van der Waals surface area (Å²) in [5.74, 6) is 1.04. The third-order valence-electron chi connectivity index (χ3n) is 3.78. The van der Waals surface area contributed by atoms with Gasteiger partial charge in [0, 0.05) is 18.0 Å². The fourth-order valence-electron chi connectivity index (χ4n) is 2.89. The van der Waals surface area contributed by atoms with E-state index in [4.69, 9.17) is 0 Å². The van der Waals surface area contributed by atoms with Crippen molar-refractivity contribution in [2.45, 2.75) is 26.3 Å². The molecule has 0 saturated heterocycles. The second kappa shape index (κ2) is 3.77. The van der Waals surface area contributed by atoms with Crippen molar-refractivity contribution in [1.82, 2.24) is 0 Å².